The van der Waals surface area contributed by atoms with E-state index in [1.54, 1.807) is 12.1 Å². The van der Waals surface area contributed by atoms with Gasteiger partial charge in [-0.3, -0.25) is 4.79 Å². The van der Waals surface area contributed by atoms with Crippen molar-refractivity contribution in [2.45, 2.75) is 13.8 Å². The van der Waals surface area contributed by atoms with Gasteiger partial charge in [0.15, 0.2) is 5.78 Å². The molecule has 0 fully saturated rings. The van der Waals surface area contributed by atoms with Crippen LogP contribution in [-0.4, -0.2) is 12.4 Å². The van der Waals surface area contributed by atoms with Gasteiger partial charge in [-0.25, -0.2) is 8.78 Å². The number of ketones is 1. The highest BCUT2D eigenvalue weighted by molar-refractivity contribution is 6.09. The van der Waals surface area contributed by atoms with Gasteiger partial charge in [0.2, 0.25) is 0 Å². The fourth-order valence-corrected chi connectivity index (χ4v) is 1.84. The number of hydrogen-bond acceptors (Lipinski definition) is 2. The second-order valence-corrected chi connectivity index (χ2v) is 4.37. The number of aryl methyl sites for hydroxylation is 1. The van der Waals surface area contributed by atoms with Crippen molar-refractivity contribution < 1.29 is 18.3 Å². The van der Waals surface area contributed by atoms with Crippen molar-refractivity contribution in [3.05, 3.63) is 64.7 Å². The van der Waals surface area contributed by atoms with E-state index in [-0.39, 0.29) is 16.7 Å². The Morgan fingerprint density at radius 1 is 1.10 bits per heavy atom. The number of carbonyl (C=O) groups excluding carboxylic acids is 1. The monoisotopic (exact) mass is 276 g/mol. The lowest BCUT2D eigenvalue weighted by Gasteiger charge is -2.06. The summed E-state index contributed by atoms with van der Waals surface area (Å²) in [6.45, 7) is 3.82. The minimum Gasteiger partial charge on any atom is -0.494 e. The smallest absolute Gasteiger partial charge is 0.196 e. The molecule has 0 unspecified atom stereocenters. The molecule has 2 rings (SSSR count). The first-order valence-corrected chi connectivity index (χ1v) is 6.26. The molecule has 0 aliphatic carbocycles. The van der Waals surface area contributed by atoms with Crippen LogP contribution in [0.5, 0.6) is 5.75 Å². The molecule has 0 atom stereocenters. The van der Waals surface area contributed by atoms with E-state index in [2.05, 4.69) is 0 Å². The first kappa shape index (κ1) is 14.2. The molecule has 0 heterocycles. The summed E-state index contributed by atoms with van der Waals surface area (Å²) in [5.41, 5.74) is 0.193. The van der Waals surface area contributed by atoms with Crippen LogP contribution in [0.4, 0.5) is 8.78 Å². The van der Waals surface area contributed by atoms with Crippen LogP contribution in [0.25, 0.3) is 0 Å². The first-order chi connectivity index (χ1) is 9.52. The average Bonchev–Trinajstić information content (AvgIpc) is 2.43. The summed E-state index contributed by atoms with van der Waals surface area (Å²) in [5, 5.41) is 0. The van der Waals surface area contributed by atoms with Gasteiger partial charge in [-0.15, -0.1) is 0 Å². The standard InChI is InChI=1S/C16H14F2O2/c1-3-20-12-6-4-11(5-7-12)16(19)13-9-14(17)10(2)8-15(13)18/h4-9H,3H2,1-2H3. The highest BCUT2D eigenvalue weighted by atomic mass is 19.1. The molecular formula is C16H14F2O2. The Kier molecular flexibility index (Phi) is 4.13. The zero-order valence-electron chi connectivity index (χ0n) is 11.2. The third-order valence-corrected chi connectivity index (χ3v) is 2.92. The van der Waals surface area contributed by atoms with Gasteiger partial charge in [0.05, 0.1) is 12.2 Å². The Labute approximate surface area is 116 Å². The molecule has 2 aromatic rings. The van der Waals surface area contributed by atoms with E-state index in [9.17, 15) is 13.6 Å². The van der Waals surface area contributed by atoms with Gasteiger partial charge in [0.1, 0.15) is 17.4 Å². The zero-order valence-corrected chi connectivity index (χ0v) is 11.2. The van der Waals surface area contributed by atoms with Crippen LogP contribution in [0.3, 0.4) is 0 Å². The van der Waals surface area contributed by atoms with Gasteiger partial charge in [-0.2, -0.15) is 0 Å². The molecule has 0 bridgehead atoms. The molecule has 0 spiro atoms. The van der Waals surface area contributed by atoms with Crippen molar-refractivity contribution in [2.24, 2.45) is 0 Å². The van der Waals surface area contributed by atoms with E-state index >= 15 is 0 Å². The van der Waals surface area contributed by atoms with E-state index in [1.165, 1.54) is 19.1 Å². The Hall–Kier alpha value is -2.23. The Morgan fingerprint density at radius 3 is 2.35 bits per heavy atom. The Balaban J connectivity index is 2.33. The Morgan fingerprint density at radius 2 is 1.75 bits per heavy atom. The fourth-order valence-electron chi connectivity index (χ4n) is 1.84. The van der Waals surface area contributed by atoms with Crippen LogP contribution >= 0.6 is 0 Å². The maximum atomic E-state index is 13.8. The SMILES string of the molecule is CCOc1ccc(C(=O)c2cc(F)c(C)cc2F)cc1. The highest BCUT2D eigenvalue weighted by Gasteiger charge is 2.16. The fraction of sp³-hybridized carbons (Fsp3) is 0.188. The first-order valence-electron chi connectivity index (χ1n) is 6.26. The van der Waals surface area contributed by atoms with Crippen molar-refractivity contribution in [2.75, 3.05) is 6.61 Å². The molecule has 0 aromatic heterocycles. The van der Waals surface area contributed by atoms with Crippen molar-refractivity contribution in [3.63, 3.8) is 0 Å². The maximum absolute atomic E-state index is 13.8. The van der Waals surface area contributed by atoms with Crippen LogP contribution in [0.15, 0.2) is 36.4 Å². The van der Waals surface area contributed by atoms with Gasteiger partial charge in [-0.05, 0) is 55.8 Å². The Bertz CT molecular complexity index is 634. The number of carbonyl (C=O) groups is 1. The third-order valence-electron chi connectivity index (χ3n) is 2.92. The van der Waals surface area contributed by atoms with Gasteiger partial charge >= 0.3 is 0 Å². The van der Waals surface area contributed by atoms with E-state index in [4.69, 9.17) is 4.74 Å². The second-order valence-electron chi connectivity index (χ2n) is 4.37. The predicted molar refractivity (Wildman–Crippen MR) is 72.1 cm³/mol. The second kappa shape index (κ2) is 5.82. The summed E-state index contributed by atoms with van der Waals surface area (Å²) in [6.07, 6.45) is 0. The molecule has 0 N–H and O–H groups in total. The van der Waals surface area contributed by atoms with Crippen molar-refractivity contribution in [1.82, 2.24) is 0 Å². The lowest BCUT2D eigenvalue weighted by molar-refractivity contribution is 0.103. The van der Waals surface area contributed by atoms with Crippen LogP contribution in [0, 0.1) is 18.6 Å². The summed E-state index contributed by atoms with van der Waals surface area (Å²) in [7, 11) is 0. The predicted octanol–water partition coefficient (Wildman–Crippen LogP) is 3.90. The van der Waals surface area contributed by atoms with Crippen LogP contribution in [-0.2, 0) is 0 Å². The van der Waals surface area contributed by atoms with Crippen LogP contribution < -0.4 is 4.74 Å². The number of benzene rings is 2. The minimum absolute atomic E-state index is 0.172. The topological polar surface area (TPSA) is 26.3 Å². The minimum atomic E-state index is -0.720. The highest BCUT2D eigenvalue weighted by Crippen LogP contribution is 2.19. The molecule has 0 aliphatic rings. The third kappa shape index (κ3) is 2.85. The summed E-state index contributed by atoms with van der Waals surface area (Å²) < 4.78 is 32.5. The molecule has 4 heteroatoms. The lowest BCUT2D eigenvalue weighted by Crippen LogP contribution is -2.06. The molecule has 0 radical (unpaired) electrons. The summed E-state index contributed by atoms with van der Waals surface area (Å²) in [4.78, 5) is 12.2. The average molecular weight is 276 g/mol. The normalized spacial score (nSPS) is 10.4. The summed E-state index contributed by atoms with van der Waals surface area (Å²) in [5.74, 6) is -1.24. The van der Waals surface area contributed by atoms with Gasteiger partial charge < -0.3 is 4.74 Å². The van der Waals surface area contributed by atoms with Crippen LogP contribution in [0.1, 0.15) is 28.4 Å². The van der Waals surface area contributed by atoms with E-state index in [0.29, 0.717) is 12.4 Å². The number of rotatable bonds is 4. The van der Waals surface area contributed by atoms with Crippen molar-refractivity contribution >= 4 is 5.78 Å². The van der Waals surface area contributed by atoms with Crippen molar-refractivity contribution in [1.29, 1.82) is 0 Å². The largest absolute Gasteiger partial charge is 0.494 e. The molecule has 0 aliphatic heterocycles. The molecule has 0 saturated carbocycles. The van der Waals surface area contributed by atoms with E-state index in [1.807, 2.05) is 6.92 Å². The quantitative estimate of drug-likeness (QED) is 0.792. The maximum Gasteiger partial charge on any atom is 0.196 e. The van der Waals surface area contributed by atoms with Gasteiger partial charge in [-0.1, -0.05) is 0 Å². The molecule has 0 saturated heterocycles. The van der Waals surface area contributed by atoms with E-state index < -0.39 is 17.4 Å². The molecule has 0 amide bonds. The number of ether oxygens (including phenoxy) is 1. The van der Waals surface area contributed by atoms with E-state index in [0.717, 1.165) is 12.1 Å². The van der Waals surface area contributed by atoms with Gasteiger partial charge in [0.25, 0.3) is 0 Å². The molecule has 2 nitrogen and oxygen atoms in total. The molecule has 104 valence electrons. The molecule has 20 heavy (non-hydrogen) atoms. The van der Waals surface area contributed by atoms with Gasteiger partial charge in [0, 0.05) is 5.56 Å². The van der Waals surface area contributed by atoms with Crippen molar-refractivity contribution in [3.8, 4) is 5.75 Å². The molecular weight excluding hydrogens is 262 g/mol. The number of hydrogen-bond donors (Lipinski definition) is 0. The number of halogens is 2. The summed E-state index contributed by atoms with van der Waals surface area (Å²) >= 11 is 0. The zero-order chi connectivity index (χ0) is 14.7. The summed E-state index contributed by atoms with van der Waals surface area (Å²) in [6, 6.07) is 8.27. The van der Waals surface area contributed by atoms with Crippen LogP contribution in [0.2, 0.25) is 0 Å². The lowest BCUT2D eigenvalue weighted by atomic mass is 10.0. The molecule has 2 aromatic carbocycles.